The van der Waals surface area contributed by atoms with Crippen molar-refractivity contribution in [1.29, 1.82) is 0 Å². The number of H-pyrrole nitrogens is 1. The molecule has 70 valence electrons. The van der Waals surface area contributed by atoms with E-state index in [9.17, 15) is 5.21 Å². The Bertz CT molecular complexity index is 422. The van der Waals surface area contributed by atoms with Crippen LogP contribution in [0.3, 0.4) is 0 Å². The number of benzene rings is 1. The molecular formula is C8H6N5O-. The molecule has 0 saturated carbocycles. The summed E-state index contributed by atoms with van der Waals surface area (Å²) in [7, 11) is 0. The van der Waals surface area contributed by atoms with Crippen molar-refractivity contribution in [3.8, 4) is 0 Å². The van der Waals surface area contributed by atoms with Gasteiger partial charge in [0.15, 0.2) is 0 Å². The monoisotopic (exact) mass is 188 g/mol. The number of tetrazole rings is 1. The molecule has 0 saturated heterocycles. The summed E-state index contributed by atoms with van der Waals surface area (Å²) >= 11 is 0. The zero-order chi connectivity index (χ0) is 9.80. The van der Waals surface area contributed by atoms with Crippen LogP contribution in [0.4, 0.5) is 0 Å². The zero-order valence-electron chi connectivity index (χ0n) is 7.08. The molecule has 2 rings (SSSR count). The Kier molecular flexibility index (Phi) is 2.18. The predicted molar refractivity (Wildman–Crippen MR) is 49.6 cm³/mol. The average Bonchev–Trinajstić information content (AvgIpc) is 2.74. The first-order valence-electron chi connectivity index (χ1n) is 3.91. The molecule has 0 radical (unpaired) electrons. The summed E-state index contributed by atoms with van der Waals surface area (Å²) in [4.78, 5) is 0. The first kappa shape index (κ1) is 8.36. The van der Waals surface area contributed by atoms with Gasteiger partial charge in [0.1, 0.15) is 5.71 Å². The fraction of sp³-hybridized carbons (Fsp3) is 0. The van der Waals surface area contributed by atoms with Crippen molar-refractivity contribution in [2.24, 2.45) is 5.16 Å². The van der Waals surface area contributed by atoms with Gasteiger partial charge < -0.3 is 10.4 Å². The third-order valence-corrected chi connectivity index (χ3v) is 1.70. The summed E-state index contributed by atoms with van der Waals surface area (Å²) in [6.07, 6.45) is 0. The number of nitrogens with one attached hydrogen (secondary N) is 1. The number of aromatic amines is 1. The summed E-state index contributed by atoms with van der Waals surface area (Å²) in [5.74, 6) is 0.200. The van der Waals surface area contributed by atoms with E-state index in [0.717, 1.165) is 0 Å². The minimum atomic E-state index is 0.180. The SMILES string of the molecule is [O-]/N=C(\c1ccccc1)c1nn[nH]n1. The number of hydrogen-bond acceptors (Lipinski definition) is 5. The van der Waals surface area contributed by atoms with Crippen molar-refractivity contribution >= 4 is 5.71 Å². The molecule has 0 unspecified atom stereocenters. The van der Waals surface area contributed by atoms with Crippen molar-refractivity contribution in [2.75, 3.05) is 0 Å². The Hall–Kier alpha value is -2.24. The lowest BCUT2D eigenvalue weighted by Crippen LogP contribution is -2.05. The number of hydrogen-bond donors (Lipinski definition) is 1. The smallest absolute Gasteiger partial charge is 0.222 e. The molecular weight excluding hydrogens is 182 g/mol. The molecule has 2 aromatic rings. The van der Waals surface area contributed by atoms with Gasteiger partial charge in [-0.3, -0.25) is 0 Å². The summed E-state index contributed by atoms with van der Waals surface area (Å²) in [6, 6.07) is 8.98. The van der Waals surface area contributed by atoms with Crippen LogP contribution in [-0.2, 0) is 0 Å². The van der Waals surface area contributed by atoms with Crippen molar-refractivity contribution in [3.05, 3.63) is 46.9 Å². The quantitative estimate of drug-likeness (QED) is 0.550. The highest BCUT2D eigenvalue weighted by Gasteiger charge is 2.08. The minimum Gasteiger partial charge on any atom is -0.791 e. The van der Waals surface area contributed by atoms with Crippen molar-refractivity contribution < 1.29 is 0 Å². The van der Waals surface area contributed by atoms with Crippen LogP contribution in [0.2, 0.25) is 0 Å². The Morgan fingerprint density at radius 1 is 1.29 bits per heavy atom. The van der Waals surface area contributed by atoms with E-state index >= 15 is 0 Å². The lowest BCUT2D eigenvalue weighted by molar-refractivity contribution is 0.881. The van der Waals surface area contributed by atoms with Gasteiger partial charge in [-0.25, -0.2) is 0 Å². The van der Waals surface area contributed by atoms with Crippen LogP contribution in [0.25, 0.3) is 0 Å². The molecule has 14 heavy (non-hydrogen) atoms. The molecule has 0 aliphatic rings. The van der Waals surface area contributed by atoms with Crippen LogP contribution in [0.1, 0.15) is 11.4 Å². The largest absolute Gasteiger partial charge is 0.791 e. The van der Waals surface area contributed by atoms with Crippen LogP contribution in [0.15, 0.2) is 35.5 Å². The predicted octanol–water partition coefficient (Wildman–Crippen LogP) is 0.535. The molecule has 0 fully saturated rings. The van der Waals surface area contributed by atoms with Crippen molar-refractivity contribution in [3.63, 3.8) is 0 Å². The Morgan fingerprint density at radius 3 is 2.64 bits per heavy atom. The highest BCUT2D eigenvalue weighted by molar-refractivity contribution is 6.10. The Labute approximate surface area is 79.3 Å². The molecule has 1 N–H and O–H groups in total. The average molecular weight is 188 g/mol. The van der Waals surface area contributed by atoms with E-state index < -0.39 is 0 Å². The van der Waals surface area contributed by atoms with Gasteiger partial charge in [0.2, 0.25) is 5.82 Å². The molecule has 0 spiro atoms. The van der Waals surface area contributed by atoms with Crippen molar-refractivity contribution in [1.82, 2.24) is 20.6 Å². The molecule has 0 aliphatic carbocycles. The molecule has 0 atom stereocenters. The van der Waals surface area contributed by atoms with Gasteiger partial charge in [-0.05, 0) is 5.21 Å². The molecule has 6 nitrogen and oxygen atoms in total. The van der Waals surface area contributed by atoms with Gasteiger partial charge in [-0.2, -0.15) is 5.21 Å². The van der Waals surface area contributed by atoms with Gasteiger partial charge in [0.05, 0.1) is 0 Å². The molecule has 6 heteroatoms. The third-order valence-electron chi connectivity index (χ3n) is 1.70. The second kappa shape index (κ2) is 3.65. The van der Waals surface area contributed by atoms with Crippen LogP contribution in [-0.4, -0.2) is 26.3 Å². The number of aromatic nitrogens is 4. The van der Waals surface area contributed by atoms with E-state index in [1.54, 1.807) is 24.3 Å². The number of nitrogens with zero attached hydrogens (tertiary/aromatic N) is 4. The number of rotatable bonds is 2. The normalized spacial score (nSPS) is 11.6. The molecule has 1 aromatic heterocycles. The Morgan fingerprint density at radius 2 is 2.07 bits per heavy atom. The standard InChI is InChI=1S/C8H7N5O/c14-11-7(8-9-12-13-10-8)6-4-2-1-3-5-6/h1-5,14H,(H,9,10,12,13)/p-1/b11-7+. The second-order valence-electron chi connectivity index (χ2n) is 2.54. The van der Waals surface area contributed by atoms with Gasteiger partial charge in [-0.15, -0.1) is 10.2 Å². The molecule has 1 heterocycles. The lowest BCUT2D eigenvalue weighted by Gasteiger charge is -2.03. The summed E-state index contributed by atoms with van der Waals surface area (Å²) in [6.45, 7) is 0. The molecule has 0 amide bonds. The van der Waals surface area contributed by atoms with Crippen LogP contribution in [0, 0.1) is 5.21 Å². The van der Waals surface area contributed by atoms with E-state index in [1.165, 1.54) is 0 Å². The van der Waals surface area contributed by atoms with E-state index in [1.807, 2.05) is 6.07 Å². The maximum absolute atomic E-state index is 10.6. The van der Waals surface area contributed by atoms with Gasteiger partial charge >= 0.3 is 0 Å². The van der Waals surface area contributed by atoms with E-state index in [2.05, 4.69) is 25.8 Å². The van der Waals surface area contributed by atoms with E-state index in [0.29, 0.717) is 5.56 Å². The summed E-state index contributed by atoms with van der Waals surface area (Å²) < 4.78 is 0. The van der Waals surface area contributed by atoms with Crippen molar-refractivity contribution in [2.45, 2.75) is 0 Å². The minimum absolute atomic E-state index is 0.180. The van der Waals surface area contributed by atoms with Gasteiger partial charge in [-0.1, -0.05) is 30.3 Å². The molecule has 0 aliphatic heterocycles. The lowest BCUT2D eigenvalue weighted by atomic mass is 10.1. The van der Waals surface area contributed by atoms with E-state index in [4.69, 9.17) is 0 Å². The van der Waals surface area contributed by atoms with Crippen LogP contribution >= 0.6 is 0 Å². The molecule has 0 bridgehead atoms. The van der Waals surface area contributed by atoms with Gasteiger partial charge in [0.25, 0.3) is 0 Å². The maximum atomic E-state index is 10.6. The first-order chi connectivity index (χ1) is 6.92. The topological polar surface area (TPSA) is 89.9 Å². The highest BCUT2D eigenvalue weighted by atomic mass is 16.4. The first-order valence-corrected chi connectivity index (χ1v) is 3.91. The van der Waals surface area contributed by atoms with Gasteiger partial charge in [0, 0.05) is 5.56 Å². The second-order valence-corrected chi connectivity index (χ2v) is 2.54. The summed E-state index contributed by atoms with van der Waals surface area (Å²) in [5, 5.41) is 26.5. The zero-order valence-corrected chi connectivity index (χ0v) is 7.08. The highest BCUT2D eigenvalue weighted by Crippen LogP contribution is 2.05. The third kappa shape index (κ3) is 1.45. The summed E-state index contributed by atoms with van der Waals surface area (Å²) in [5.41, 5.74) is 0.850. The van der Waals surface area contributed by atoms with Crippen LogP contribution < -0.4 is 0 Å². The fourth-order valence-electron chi connectivity index (χ4n) is 1.08. The van der Waals surface area contributed by atoms with Crippen LogP contribution in [0.5, 0.6) is 0 Å². The Balaban J connectivity index is 2.43. The fourth-order valence-corrected chi connectivity index (χ4v) is 1.08. The maximum Gasteiger partial charge on any atom is 0.222 e. The van der Waals surface area contributed by atoms with E-state index in [-0.39, 0.29) is 11.5 Å². The molecule has 1 aromatic carbocycles.